The van der Waals surface area contributed by atoms with Crippen LogP contribution >= 0.6 is 11.6 Å². The van der Waals surface area contributed by atoms with Gasteiger partial charge in [-0.3, -0.25) is 0 Å². The monoisotopic (exact) mass is 267 g/mol. The van der Waals surface area contributed by atoms with Gasteiger partial charge in [0.15, 0.2) is 0 Å². The molecule has 1 saturated carbocycles. The average molecular weight is 268 g/mol. The van der Waals surface area contributed by atoms with E-state index < -0.39 is 0 Å². The van der Waals surface area contributed by atoms with Crippen LogP contribution < -0.4 is 10.6 Å². The van der Waals surface area contributed by atoms with Gasteiger partial charge in [-0.1, -0.05) is 24.4 Å². The summed E-state index contributed by atoms with van der Waals surface area (Å²) in [6.45, 7) is 3.92. The summed E-state index contributed by atoms with van der Waals surface area (Å²) >= 11 is 5.90. The highest BCUT2D eigenvalue weighted by Gasteiger charge is 2.29. The molecule has 0 spiro atoms. The van der Waals surface area contributed by atoms with Crippen LogP contribution in [0.1, 0.15) is 32.6 Å². The van der Waals surface area contributed by atoms with Crippen molar-refractivity contribution in [1.29, 1.82) is 0 Å². The highest BCUT2D eigenvalue weighted by molar-refractivity contribution is 6.30. The van der Waals surface area contributed by atoms with Gasteiger partial charge in [-0.05, 0) is 44.4 Å². The van der Waals surface area contributed by atoms with E-state index in [4.69, 9.17) is 17.3 Å². The number of pyridine rings is 1. The third kappa shape index (κ3) is 2.96. The summed E-state index contributed by atoms with van der Waals surface area (Å²) in [6.07, 6.45) is 6.79. The largest absolute Gasteiger partial charge is 0.354 e. The van der Waals surface area contributed by atoms with Crippen molar-refractivity contribution < 1.29 is 0 Å². The standard InChI is InChI=1S/C14H22ClN3/c1-2-18(14-8-7-12(15)10-17-14)13-6-4-3-5-11(13)9-16/h7-8,10-11,13H,2-6,9,16H2,1H3. The third-order valence-electron chi connectivity index (χ3n) is 3.92. The molecule has 2 N–H and O–H groups in total. The number of anilines is 1. The normalized spacial score (nSPS) is 23.9. The lowest BCUT2D eigenvalue weighted by atomic mass is 9.83. The fraction of sp³-hybridized carbons (Fsp3) is 0.643. The molecular weight excluding hydrogens is 246 g/mol. The Hall–Kier alpha value is -0.800. The molecule has 2 unspecified atom stereocenters. The van der Waals surface area contributed by atoms with E-state index in [0.717, 1.165) is 18.9 Å². The van der Waals surface area contributed by atoms with E-state index in [0.29, 0.717) is 17.0 Å². The Kier molecular flexibility index (Phi) is 4.84. The van der Waals surface area contributed by atoms with Gasteiger partial charge in [-0.25, -0.2) is 4.98 Å². The molecule has 100 valence electrons. The molecule has 1 fully saturated rings. The number of rotatable bonds is 4. The Balaban J connectivity index is 2.18. The van der Waals surface area contributed by atoms with Crippen LogP contribution in [0.5, 0.6) is 0 Å². The SMILES string of the molecule is CCN(c1ccc(Cl)cn1)C1CCCCC1CN. The van der Waals surface area contributed by atoms with Crippen LogP contribution in [0, 0.1) is 5.92 Å². The molecule has 3 nitrogen and oxygen atoms in total. The highest BCUT2D eigenvalue weighted by atomic mass is 35.5. The second-order valence-electron chi connectivity index (χ2n) is 4.97. The Morgan fingerprint density at radius 1 is 1.39 bits per heavy atom. The van der Waals surface area contributed by atoms with E-state index in [1.807, 2.05) is 12.1 Å². The smallest absolute Gasteiger partial charge is 0.128 e. The maximum atomic E-state index is 5.92. The van der Waals surface area contributed by atoms with Crippen molar-refractivity contribution in [3.05, 3.63) is 23.4 Å². The molecule has 4 heteroatoms. The molecular formula is C14H22ClN3. The van der Waals surface area contributed by atoms with Crippen molar-refractivity contribution in [3.63, 3.8) is 0 Å². The van der Waals surface area contributed by atoms with E-state index in [9.17, 15) is 0 Å². The Labute approximate surface area is 114 Å². The molecule has 18 heavy (non-hydrogen) atoms. The predicted molar refractivity (Wildman–Crippen MR) is 77.1 cm³/mol. The van der Waals surface area contributed by atoms with Gasteiger partial charge < -0.3 is 10.6 Å². The number of aromatic nitrogens is 1. The van der Waals surface area contributed by atoms with Crippen LogP contribution in [0.3, 0.4) is 0 Å². The Morgan fingerprint density at radius 3 is 2.78 bits per heavy atom. The van der Waals surface area contributed by atoms with Gasteiger partial charge in [0.05, 0.1) is 5.02 Å². The number of halogens is 1. The maximum Gasteiger partial charge on any atom is 0.128 e. The van der Waals surface area contributed by atoms with Gasteiger partial charge in [-0.15, -0.1) is 0 Å². The molecule has 1 heterocycles. The molecule has 1 aromatic heterocycles. The summed E-state index contributed by atoms with van der Waals surface area (Å²) in [5.41, 5.74) is 5.92. The second-order valence-corrected chi connectivity index (χ2v) is 5.40. The molecule has 2 atom stereocenters. The summed E-state index contributed by atoms with van der Waals surface area (Å²) in [7, 11) is 0. The summed E-state index contributed by atoms with van der Waals surface area (Å²) in [4.78, 5) is 6.83. The van der Waals surface area contributed by atoms with E-state index in [-0.39, 0.29) is 0 Å². The van der Waals surface area contributed by atoms with Gasteiger partial charge in [-0.2, -0.15) is 0 Å². The van der Waals surface area contributed by atoms with E-state index in [2.05, 4.69) is 16.8 Å². The number of nitrogens with zero attached hydrogens (tertiary/aromatic N) is 2. The van der Waals surface area contributed by atoms with Crippen LogP contribution in [-0.2, 0) is 0 Å². The zero-order valence-corrected chi connectivity index (χ0v) is 11.7. The number of hydrogen-bond acceptors (Lipinski definition) is 3. The predicted octanol–water partition coefficient (Wildman–Crippen LogP) is 3.08. The van der Waals surface area contributed by atoms with Crippen molar-refractivity contribution in [3.8, 4) is 0 Å². The lowest BCUT2D eigenvalue weighted by Gasteiger charge is -2.40. The first kappa shape index (κ1) is 13.6. The summed E-state index contributed by atoms with van der Waals surface area (Å²) in [5, 5.41) is 0.689. The Morgan fingerprint density at radius 2 is 2.17 bits per heavy atom. The molecule has 0 radical (unpaired) electrons. The van der Waals surface area contributed by atoms with E-state index in [1.54, 1.807) is 6.20 Å². The number of hydrogen-bond donors (Lipinski definition) is 1. The first-order chi connectivity index (χ1) is 8.76. The molecule has 2 rings (SSSR count). The average Bonchev–Trinajstić information content (AvgIpc) is 2.42. The summed E-state index contributed by atoms with van der Waals surface area (Å²) in [6, 6.07) is 4.45. The topological polar surface area (TPSA) is 42.2 Å². The second kappa shape index (κ2) is 6.39. The van der Waals surface area contributed by atoms with Gasteiger partial charge in [0.1, 0.15) is 5.82 Å². The van der Waals surface area contributed by atoms with Gasteiger partial charge in [0.2, 0.25) is 0 Å². The molecule has 0 amide bonds. The third-order valence-corrected chi connectivity index (χ3v) is 4.14. The maximum absolute atomic E-state index is 5.92. The van der Waals surface area contributed by atoms with Crippen molar-refractivity contribution in [1.82, 2.24) is 4.98 Å². The lowest BCUT2D eigenvalue weighted by Crippen LogP contribution is -2.45. The fourth-order valence-corrected chi connectivity index (χ4v) is 3.09. The summed E-state index contributed by atoms with van der Waals surface area (Å²) < 4.78 is 0. The fourth-order valence-electron chi connectivity index (χ4n) is 2.98. The zero-order valence-electron chi connectivity index (χ0n) is 11.0. The van der Waals surface area contributed by atoms with Crippen LogP contribution in [0.2, 0.25) is 5.02 Å². The minimum atomic E-state index is 0.530. The summed E-state index contributed by atoms with van der Waals surface area (Å²) in [5.74, 6) is 1.61. The first-order valence-electron chi connectivity index (χ1n) is 6.84. The molecule has 1 aliphatic rings. The number of nitrogens with two attached hydrogens (primary N) is 1. The molecule has 1 aliphatic carbocycles. The van der Waals surface area contributed by atoms with Gasteiger partial charge in [0.25, 0.3) is 0 Å². The minimum absolute atomic E-state index is 0.530. The molecule has 0 aromatic carbocycles. The van der Waals surface area contributed by atoms with Crippen LogP contribution in [0.25, 0.3) is 0 Å². The zero-order chi connectivity index (χ0) is 13.0. The minimum Gasteiger partial charge on any atom is -0.354 e. The lowest BCUT2D eigenvalue weighted by molar-refractivity contribution is 0.299. The van der Waals surface area contributed by atoms with Crippen molar-refractivity contribution in [2.24, 2.45) is 11.7 Å². The van der Waals surface area contributed by atoms with Gasteiger partial charge in [0, 0.05) is 18.8 Å². The van der Waals surface area contributed by atoms with Crippen molar-refractivity contribution in [2.45, 2.75) is 38.6 Å². The van der Waals surface area contributed by atoms with Crippen LogP contribution in [0.4, 0.5) is 5.82 Å². The molecule has 0 bridgehead atoms. The van der Waals surface area contributed by atoms with Gasteiger partial charge >= 0.3 is 0 Å². The van der Waals surface area contributed by atoms with Crippen LogP contribution in [-0.4, -0.2) is 24.1 Å². The van der Waals surface area contributed by atoms with E-state index in [1.165, 1.54) is 25.7 Å². The van der Waals surface area contributed by atoms with Crippen molar-refractivity contribution >= 4 is 17.4 Å². The molecule has 1 aromatic rings. The Bertz CT molecular complexity index is 366. The van der Waals surface area contributed by atoms with Crippen molar-refractivity contribution in [2.75, 3.05) is 18.0 Å². The van der Waals surface area contributed by atoms with E-state index >= 15 is 0 Å². The molecule has 0 saturated heterocycles. The quantitative estimate of drug-likeness (QED) is 0.912. The first-order valence-corrected chi connectivity index (χ1v) is 7.22. The molecule has 0 aliphatic heterocycles. The highest BCUT2D eigenvalue weighted by Crippen LogP contribution is 2.30. The van der Waals surface area contributed by atoms with Crippen LogP contribution in [0.15, 0.2) is 18.3 Å².